The van der Waals surface area contributed by atoms with E-state index in [-0.39, 0.29) is 18.4 Å². The summed E-state index contributed by atoms with van der Waals surface area (Å²) in [7, 11) is 0. The van der Waals surface area contributed by atoms with Crippen molar-refractivity contribution in [3.05, 3.63) is 60.2 Å². The summed E-state index contributed by atoms with van der Waals surface area (Å²) in [4.78, 5) is 26.3. The van der Waals surface area contributed by atoms with Gasteiger partial charge in [-0.3, -0.25) is 9.59 Å². The highest BCUT2D eigenvalue weighted by molar-refractivity contribution is 5.94. The number of unbranched alkanes of at least 4 members (excludes halogenated alkanes) is 1. The van der Waals surface area contributed by atoms with E-state index in [1.807, 2.05) is 54.6 Å². The number of para-hydroxylation sites is 1. The lowest BCUT2D eigenvalue weighted by atomic mass is 10.0. The van der Waals surface area contributed by atoms with Crippen LogP contribution in [-0.4, -0.2) is 35.8 Å². The van der Waals surface area contributed by atoms with Gasteiger partial charge < -0.3 is 20.7 Å². The minimum Gasteiger partial charge on any atom is -0.457 e. The summed E-state index contributed by atoms with van der Waals surface area (Å²) in [5.74, 6) is 1.35. The van der Waals surface area contributed by atoms with E-state index in [2.05, 4.69) is 5.32 Å². The molecule has 2 aromatic carbocycles. The number of nitrogens with zero attached hydrogens (tertiary/aromatic N) is 1. The predicted octanol–water partition coefficient (Wildman–Crippen LogP) is 2.43. The fraction of sp³-hybridized carbons (Fsp3) is 0.333. The van der Waals surface area contributed by atoms with E-state index in [1.165, 1.54) is 0 Å². The Hall–Kier alpha value is -2.86. The van der Waals surface area contributed by atoms with Gasteiger partial charge in [0.25, 0.3) is 0 Å². The normalized spacial score (nSPS) is 16.9. The third-order valence-corrected chi connectivity index (χ3v) is 4.60. The summed E-state index contributed by atoms with van der Waals surface area (Å²) < 4.78 is 5.79. The number of hydrogen-bond acceptors (Lipinski definition) is 4. The molecule has 27 heavy (non-hydrogen) atoms. The van der Waals surface area contributed by atoms with Crippen molar-refractivity contribution >= 4 is 11.8 Å². The molecule has 1 fully saturated rings. The van der Waals surface area contributed by atoms with Crippen molar-refractivity contribution in [2.75, 3.05) is 13.1 Å². The number of carbonyl (C=O) groups is 2. The Morgan fingerprint density at radius 1 is 1.00 bits per heavy atom. The van der Waals surface area contributed by atoms with E-state index in [0.29, 0.717) is 19.5 Å². The zero-order chi connectivity index (χ0) is 19.1. The first-order valence-corrected chi connectivity index (χ1v) is 9.26. The van der Waals surface area contributed by atoms with Crippen LogP contribution < -0.4 is 15.8 Å². The molecule has 142 valence electrons. The Labute approximate surface area is 159 Å². The van der Waals surface area contributed by atoms with E-state index in [4.69, 9.17) is 10.5 Å². The molecule has 0 unspecified atom stereocenters. The Balaban J connectivity index is 1.66. The van der Waals surface area contributed by atoms with Crippen LogP contribution in [0.15, 0.2) is 54.6 Å². The number of carbonyl (C=O) groups excluding carboxylic acids is 2. The maximum Gasteiger partial charge on any atom is 0.243 e. The van der Waals surface area contributed by atoms with Gasteiger partial charge in [-0.2, -0.15) is 0 Å². The second-order valence-electron chi connectivity index (χ2n) is 6.60. The van der Waals surface area contributed by atoms with Gasteiger partial charge in [0.1, 0.15) is 17.5 Å². The smallest absolute Gasteiger partial charge is 0.243 e. The molecule has 0 bridgehead atoms. The molecule has 0 radical (unpaired) electrons. The zero-order valence-electron chi connectivity index (χ0n) is 15.3. The average molecular weight is 367 g/mol. The average Bonchev–Trinajstić information content (AvgIpc) is 2.69. The van der Waals surface area contributed by atoms with Gasteiger partial charge in [-0.15, -0.1) is 0 Å². The van der Waals surface area contributed by atoms with Gasteiger partial charge in [0.2, 0.25) is 11.8 Å². The summed E-state index contributed by atoms with van der Waals surface area (Å²) >= 11 is 0. The molecule has 0 saturated carbocycles. The number of hydrogen-bond donors (Lipinski definition) is 2. The molecular weight excluding hydrogens is 342 g/mol. The molecule has 3 N–H and O–H groups in total. The van der Waals surface area contributed by atoms with Crippen molar-refractivity contribution in [3.8, 4) is 11.5 Å². The molecule has 6 nitrogen and oxygen atoms in total. The lowest BCUT2D eigenvalue weighted by molar-refractivity contribution is -0.146. The summed E-state index contributed by atoms with van der Waals surface area (Å²) in [6.45, 7) is 1.05. The van der Waals surface area contributed by atoms with Crippen LogP contribution in [0.5, 0.6) is 11.5 Å². The fourth-order valence-electron chi connectivity index (χ4n) is 3.15. The first-order valence-electron chi connectivity index (χ1n) is 9.26. The molecule has 1 saturated heterocycles. The lowest BCUT2D eigenvalue weighted by Crippen LogP contribution is -2.57. The van der Waals surface area contributed by atoms with E-state index < -0.39 is 6.04 Å². The van der Waals surface area contributed by atoms with Crippen LogP contribution in [0.3, 0.4) is 0 Å². The predicted molar refractivity (Wildman–Crippen MR) is 103 cm³/mol. The highest BCUT2D eigenvalue weighted by Crippen LogP contribution is 2.23. The molecule has 1 aliphatic heterocycles. The number of amides is 2. The van der Waals surface area contributed by atoms with Crippen LogP contribution in [-0.2, 0) is 16.1 Å². The van der Waals surface area contributed by atoms with Crippen molar-refractivity contribution in [1.82, 2.24) is 10.2 Å². The van der Waals surface area contributed by atoms with E-state index >= 15 is 0 Å². The van der Waals surface area contributed by atoms with Crippen LogP contribution in [0.4, 0.5) is 0 Å². The summed E-state index contributed by atoms with van der Waals surface area (Å²) in [5.41, 5.74) is 6.50. The molecule has 1 aliphatic rings. The van der Waals surface area contributed by atoms with Crippen molar-refractivity contribution in [3.63, 3.8) is 0 Å². The van der Waals surface area contributed by atoms with Crippen LogP contribution >= 0.6 is 0 Å². The van der Waals surface area contributed by atoms with Crippen molar-refractivity contribution < 1.29 is 14.3 Å². The molecule has 0 aromatic heterocycles. The second-order valence-corrected chi connectivity index (χ2v) is 6.60. The van der Waals surface area contributed by atoms with Gasteiger partial charge in [-0.05, 0) is 55.6 Å². The Kier molecular flexibility index (Phi) is 6.44. The van der Waals surface area contributed by atoms with E-state index in [9.17, 15) is 9.59 Å². The van der Waals surface area contributed by atoms with Crippen LogP contribution in [0.25, 0.3) is 0 Å². The lowest BCUT2D eigenvalue weighted by Gasteiger charge is -2.35. The minimum atomic E-state index is -0.432. The van der Waals surface area contributed by atoms with Crippen molar-refractivity contribution in [2.24, 2.45) is 5.73 Å². The van der Waals surface area contributed by atoms with Crippen LogP contribution in [0.2, 0.25) is 0 Å². The third kappa shape index (κ3) is 5.08. The number of benzene rings is 2. The minimum absolute atomic E-state index is 0.0570. The molecular formula is C21H25N3O3. The van der Waals surface area contributed by atoms with Gasteiger partial charge in [0, 0.05) is 6.54 Å². The standard InChI is InChI=1S/C21H25N3O3/c22-13-5-4-8-19-21(26)23-14-20(25)24(19)15-16-9-11-18(12-10-16)27-17-6-2-1-3-7-17/h1-3,6-7,9-12,19H,4-5,8,13-15,22H2,(H,23,26)/t19-/m0/s1. The van der Waals surface area contributed by atoms with Gasteiger partial charge in [-0.1, -0.05) is 30.3 Å². The molecule has 3 rings (SSSR count). The Morgan fingerprint density at radius 2 is 1.70 bits per heavy atom. The molecule has 0 spiro atoms. The van der Waals surface area contributed by atoms with Gasteiger partial charge in [0.15, 0.2) is 0 Å². The topological polar surface area (TPSA) is 84.7 Å². The van der Waals surface area contributed by atoms with E-state index in [1.54, 1.807) is 4.90 Å². The summed E-state index contributed by atoms with van der Waals surface area (Å²) in [6.07, 6.45) is 2.30. The summed E-state index contributed by atoms with van der Waals surface area (Å²) in [5, 5.41) is 2.68. The Morgan fingerprint density at radius 3 is 2.41 bits per heavy atom. The maximum absolute atomic E-state index is 12.4. The van der Waals surface area contributed by atoms with Crippen molar-refractivity contribution in [2.45, 2.75) is 31.8 Å². The van der Waals surface area contributed by atoms with Crippen LogP contribution in [0, 0.1) is 0 Å². The highest BCUT2D eigenvalue weighted by Gasteiger charge is 2.33. The van der Waals surface area contributed by atoms with E-state index in [0.717, 1.165) is 29.9 Å². The number of nitrogens with one attached hydrogen (secondary N) is 1. The highest BCUT2D eigenvalue weighted by atomic mass is 16.5. The maximum atomic E-state index is 12.4. The third-order valence-electron chi connectivity index (χ3n) is 4.60. The van der Waals surface area contributed by atoms with Gasteiger partial charge >= 0.3 is 0 Å². The second kappa shape index (κ2) is 9.19. The molecule has 6 heteroatoms. The number of piperazine rings is 1. The molecule has 2 amide bonds. The van der Waals surface area contributed by atoms with Crippen LogP contribution in [0.1, 0.15) is 24.8 Å². The monoisotopic (exact) mass is 367 g/mol. The first kappa shape index (κ1) is 18.9. The number of nitrogens with two attached hydrogens (primary N) is 1. The quantitative estimate of drug-likeness (QED) is 0.702. The Bertz CT molecular complexity index is 762. The first-order chi connectivity index (χ1) is 13.2. The van der Waals surface area contributed by atoms with Crippen molar-refractivity contribution in [1.29, 1.82) is 0 Å². The summed E-state index contributed by atoms with van der Waals surface area (Å²) in [6, 6.07) is 16.7. The molecule has 1 heterocycles. The van der Waals surface area contributed by atoms with Gasteiger partial charge in [0.05, 0.1) is 6.54 Å². The number of ether oxygens (including phenoxy) is 1. The largest absolute Gasteiger partial charge is 0.457 e. The molecule has 2 aromatic rings. The fourth-order valence-corrected chi connectivity index (χ4v) is 3.15. The molecule has 1 atom stereocenters. The number of rotatable bonds is 8. The molecule has 0 aliphatic carbocycles. The SMILES string of the molecule is NCCCC[C@H]1C(=O)NCC(=O)N1Cc1ccc(Oc2ccccc2)cc1. The zero-order valence-corrected chi connectivity index (χ0v) is 15.3. The van der Waals surface area contributed by atoms with Gasteiger partial charge in [-0.25, -0.2) is 0 Å².